The van der Waals surface area contributed by atoms with E-state index in [-0.39, 0.29) is 22.2 Å². The number of alkyl halides is 3. The minimum absolute atomic E-state index is 0.176. The SMILES string of the molecule is [2H]C([2H])([2H])NC(=O)c1nn(C)c2cc(-c3cnc(OC([2H])([2H])[2H])c(C(=O)N[C@@H](c4cccc(OC(F)(F)F)c4)C([2H])([2H])[2H])c3)ccc12. The van der Waals surface area contributed by atoms with Crippen molar-refractivity contribution in [2.24, 2.45) is 7.05 Å². The van der Waals surface area contributed by atoms with Gasteiger partial charge in [-0.1, -0.05) is 18.2 Å². The summed E-state index contributed by atoms with van der Waals surface area (Å²) in [7, 11) is -1.60. The number of hydrogen-bond acceptors (Lipinski definition) is 6. The largest absolute Gasteiger partial charge is 0.573 e. The number of fused-ring (bicyclic) bond motifs is 1. The molecule has 2 amide bonds. The van der Waals surface area contributed by atoms with Crippen LogP contribution in [0.15, 0.2) is 54.7 Å². The van der Waals surface area contributed by atoms with Crippen LogP contribution >= 0.6 is 0 Å². The number of pyridine rings is 1. The maximum Gasteiger partial charge on any atom is 0.573 e. The summed E-state index contributed by atoms with van der Waals surface area (Å²) in [5.41, 5.74) is -0.0770. The first-order chi connectivity index (χ1) is 21.5. The predicted molar refractivity (Wildman–Crippen MR) is 133 cm³/mol. The lowest BCUT2D eigenvalue weighted by atomic mass is 10.0. The third-order valence-electron chi connectivity index (χ3n) is 5.41. The minimum Gasteiger partial charge on any atom is -0.480 e. The number of methoxy groups -OCH3 is 1. The van der Waals surface area contributed by atoms with Crippen molar-refractivity contribution in [2.75, 3.05) is 14.0 Å². The van der Waals surface area contributed by atoms with Gasteiger partial charge in [0.05, 0.1) is 22.7 Å². The molecule has 9 nitrogen and oxygen atoms in total. The molecule has 0 unspecified atom stereocenters. The molecule has 0 saturated carbocycles. The summed E-state index contributed by atoms with van der Waals surface area (Å²) in [6.07, 6.45) is -3.91. The molecule has 0 aliphatic rings. The molecule has 12 heteroatoms. The number of benzene rings is 2. The number of nitrogens with one attached hydrogen (secondary N) is 2. The van der Waals surface area contributed by atoms with Crippen molar-refractivity contribution in [1.29, 1.82) is 0 Å². The van der Waals surface area contributed by atoms with Crippen LogP contribution in [0.4, 0.5) is 13.2 Å². The van der Waals surface area contributed by atoms with Gasteiger partial charge in [-0.05, 0) is 48.3 Å². The van der Waals surface area contributed by atoms with Crippen LogP contribution < -0.4 is 20.1 Å². The highest BCUT2D eigenvalue weighted by Gasteiger charge is 2.31. The van der Waals surface area contributed by atoms with E-state index in [0.29, 0.717) is 11.1 Å². The minimum atomic E-state index is -5.07. The standard InChI is InChI=1S/C26H24F3N5O4/c1-14(15-6-5-7-18(10-15)38-26(27,28)29)32-23(35)20-11-17(13-31-25(20)37-4)16-8-9-19-21(12-16)34(3)33-22(19)24(36)30-2/h5-14H,1-4H3,(H,30,36)(H,32,35)/t14-/m1/s1/i1D3,2D3,4D3. The molecule has 2 N–H and O–H groups in total. The number of aromatic nitrogens is 3. The van der Waals surface area contributed by atoms with Crippen molar-refractivity contribution in [3.05, 3.63) is 71.5 Å². The molecule has 0 bridgehead atoms. The molecule has 0 saturated heterocycles. The molecule has 0 spiro atoms. The van der Waals surface area contributed by atoms with Crippen LogP contribution in [0.5, 0.6) is 11.6 Å². The van der Waals surface area contributed by atoms with E-state index in [0.717, 1.165) is 36.5 Å². The zero-order valence-corrected chi connectivity index (χ0v) is 19.4. The number of rotatable bonds is 7. The van der Waals surface area contributed by atoms with Gasteiger partial charge in [0.15, 0.2) is 5.69 Å². The molecule has 0 aliphatic carbocycles. The summed E-state index contributed by atoms with van der Waals surface area (Å²) in [5.74, 6) is -3.57. The number of hydrogen-bond donors (Lipinski definition) is 2. The van der Waals surface area contributed by atoms with E-state index in [1.807, 2.05) is 5.32 Å². The highest BCUT2D eigenvalue weighted by Crippen LogP contribution is 2.30. The number of ether oxygens (including phenoxy) is 2. The van der Waals surface area contributed by atoms with Crippen LogP contribution in [0.25, 0.3) is 22.0 Å². The average Bonchev–Trinajstić information content (AvgIpc) is 3.24. The van der Waals surface area contributed by atoms with Gasteiger partial charge in [-0.25, -0.2) is 4.98 Å². The second kappa shape index (κ2) is 10.4. The lowest BCUT2D eigenvalue weighted by molar-refractivity contribution is -0.274. The predicted octanol–water partition coefficient (Wildman–Crippen LogP) is 4.39. The molecule has 0 radical (unpaired) electrons. The maximum absolute atomic E-state index is 13.6. The van der Waals surface area contributed by atoms with E-state index in [4.69, 9.17) is 17.1 Å². The van der Waals surface area contributed by atoms with Gasteiger partial charge in [0.25, 0.3) is 11.8 Å². The molecule has 198 valence electrons. The smallest absolute Gasteiger partial charge is 0.480 e. The Balaban J connectivity index is 1.75. The Morgan fingerprint density at radius 1 is 1.11 bits per heavy atom. The van der Waals surface area contributed by atoms with E-state index >= 15 is 0 Å². The Morgan fingerprint density at radius 2 is 1.95 bits per heavy atom. The van der Waals surface area contributed by atoms with Crippen LogP contribution in [-0.2, 0) is 7.05 Å². The number of halogens is 3. The number of aryl methyl sites for hydroxylation is 1. The Labute approximate surface area is 228 Å². The Kier molecular flexibility index (Phi) is 4.65. The molecule has 0 fully saturated rings. The number of amides is 2. The normalized spacial score (nSPS) is 16.7. The summed E-state index contributed by atoms with van der Waals surface area (Å²) in [5, 5.41) is 8.44. The van der Waals surface area contributed by atoms with Gasteiger partial charge < -0.3 is 20.1 Å². The highest BCUT2D eigenvalue weighted by molar-refractivity contribution is 6.05. The molecular weight excluding hydrogens is 503 g/mol. The summed E-state index contributed by atoms with van der Waals surface area (Å²) in [6.45, 7) is -5.77. The molecule has 2 aromatic carbocycles. The zero-order valence-electron chi connectivity index (χ0n) is 28.4. The molecular formula is C26H24F3N5O4. The van der Waals surface area contributed by atoms with E-state index in [2.05, 4.69) is 20.1 Å². The number of carbonyl (C=O) groups is 2. The van der Waals surface area contributed by atoms with Crippen molar-refractivity contribution < 1.29 is 44.6 Å². The first kappa shape index (κ1) is 17.0. The van der Waals surface area contributed by atoms with Gasteiger partial charge in [-0.2, -0.15) is 5.10 Å². The van der Waals surface area contributed by atoms with Crippen LogP contribution in [0.3, 0.4) is 0 Å². The molecule has 2 aromatic heterocycles. The lowest BCUT2D eigenvalue weighted by Gasteiger charge is -2.17. The molecule has 2 heterocycles. The molecule has 1 atom stereocenters. The zero-order chi connectivity index (χ0) is 35.1. The van der Waals surface area contributed by atoms with E-state index in [9.17, 15) is 22.8 Å². The first-order valence-electron chi connectivity index (χ1n) is 15.2. The van der Waals surface area contributed by atoms with Crippen molar-refractivity contribution in [2.45, 2.75) is 19.3 Å². The Hall–Kier alpha value is -4.61. The van der Waals surface area contributed by atoms with Gasteiger partial charge in [-0.3, -0.25) is 14.3 Å². The first-order valence-corrected chi connectivity index (χ1v) is 10.7. The Bertz CT molecular complexity index is 1820. The van der Waals surface area contributed by atoms with Gasteiger partial charge >= 0.3 is 6.36 Å². The summed E-state index contributed by atoms with van der Waals surface area (Å²) in [4.78, 5) is 30.0. The van der Waals surface area contributed by atoms with E-state index in [1.54, 1.807) is 0 Å². The maximum atomic E-state index is 13.6. The fourth-order valence-corrected chi connectivity index (χ4v) is 3.70. The molecule has 38 heavy (non-hydrogen) atoms. The molecule has 0 aliphatic heterocycles. The van der Waals surface area contributed by atoms with Crippen molar-refractivity contribution in [1.82, 2.24) is 25.4 Å². The van der Waals surface area contributed by atoms with E-state index in [1.165, 1.54) is 29.9 Å². The number of nitrogens with zero attached hydrogens (tertiary/aromatic N) is 3. The summed E-state index contributed by atoms with van der Waals surface area (Å²) >= 11 is 0. The van der Waals surface area contributed by atoms with Gasteiger partial charge in [-0.15, -0.1) is 13.2 Å². The topological polar surface area (TPSA) is 107 Å². The van der Waals surface area contributed by atoms with Crippen molar-refractivity contribution >= 4 is 22.7 Å². The summed E-state index contributed by atoms with van der Waals surface area (Å²) in [6, 6.07) is 7.71. The third-order valence-corrected chi connectivity index (χ3v) is 5.41. The van der Waals surface area contributed by atoms with Gasteiger partial charge in [0.2, 0.25) is 5.88 Å². The fraction of sp³-hybridized carbons (Fsp3) is 0.231. The van der Waals surface area contributed by atoms with Crippen LogP contribution in [0, 0.1) is 0 Å². The number of carbonyl (C=O) groups excluding carboxylic acids is 2. The molecule has 4 aromatic rings. The second-order valence-corrected chi connectivity index (χ2v) is 7.86. The van der Waals surface area contributed by atoms with Gasteiger partial charge in [0, 0.05) is 39.4 Å². The van der Waals surface area contributed by atoms with Crippen LogP contribution in [-0.4, -0.2) is 47.0 Å². The lowest BCUT2D eigenvalue weighted by Crippen LogP contribution is -2.27. The van der Waals surface area contributed by atoms with Crippen molar-refractivity contribution in [3.8, 4) is 22.8 Å². The average molecular weight is 537 g/mol. The Morgan fingerprint density at radius 3 is 2.68 bits per heavy atom. The molecule has 4 rings (SSSR count). The monoisotopic (exact) mass is 536 g/mol. The fourth-order valence-electron chi connectivity index (χ4n) is 3.70. The van der Waals surface area contributed by atoms with Gasteiger partial charge in [0.1, 0.15) is 11.3 Å². The van der Waals surface area contributed by atoms with Crippen LogP contribution in [0.1, 0.15) is 51.6 Å². The summed E-state index contributed by atoms with van der Waals surface area (Å²) < 4.78 is 116. The third kappa shape index (κ3) is 5.53. The van der Waals surface area contributed by atoms with E-state index < -0.39 is 62.3 Å². The highest BCUT2D eigenvalue weighted by atomic mass is 19.4. The quantitative estimate of drug-likeness (QED) is 0.363. The van der Waals surface area contributed by atoms with Crippen molar-refractivity contribution in [3.63, 3.8) is 0 Å². The second-order valence-electron chi connectivity index (χ2n) is 7.86. The van der Waals surface area contributed by atoms with Crippen LogP contribution in [0.2, 0.25) is 0 Å².